The number of hydrogen-bond acceptors (Lipinski definition) is 5. The number of thiazole rings is 1. The first-order valence-corrected chi connectivity index (χ1v) is 7.25. The van der Waals surface area contributed by atoms with E-state index in [0.29, 0.717) is 0 Å². The summed E-state index contributed by atoms with van der Waals surface area (Å²) in [7, 11) is 0. The normalized spacial score (nSPS) is 12.3. The predicted octanol–water partition coefficient (Wildman–Crippen LogP) is 3.21. The Morgan fingerprint density at radius 2 is 2.10 bits per heavy atom. The van der Waals surface area contributed by atoms with E-state index in [1.807, 2.05) is 41.4 Å². The molecule has 0 aliphatic carbocycles. The maximum atomic E-state index is 4.46. The lowest BCUT2D eigenvalue weighted by atomic mass is 10.3. The highest BCUT2D eigenvalue weighted by molar-refractivity contribution is 7.09. The molecule has 3 aromatic rings. The number of rotatable bonds is 4. The largest absolute Gasteiger partial charge is 0.373 e. The van der Waals surface area contributed by atoms with Crippen LogP contribution in [0.4, 0.5) is 5.69 Å². The standard InChI is InChI=1S/C14H15N5S/c1-10(14-17-7-9-20-14)18-12-4-3-5-16-13(12)19-8-6-15-11(19)2/h3-10,18H,1-2H3. The lowest BCUT2D eigenvalue weighted by molar-refractivity contribution is 0.855. The third-order valence-corrected chi connectivity index (χ3v) is 3.99. The summed E-state index contributed by atoms with van der Waals surface area (Å²) in [5.74, 6) is 1.76. The first-order valence-electron chi connectivity index (χ1n) is 6.37. The average molecular weight is 285 g/mol. The summed E-state index contributed by atoms with van der Waals surface area (Å²) in [6.07, 6.45) is 7.30. The maximum absolute atomic E-state index is 4.46. The Labute approximate surface area is 121 Å². The number of anilines is 1. The molecule has 0 aliphatic heterocycles. The van der Waals surface area contributed by atoms with Gasteiger partial charge in [0.2, 0.25) is 0 Å². The van der Waals surface area contributed by atoms with Crippen LogP contribution in [0.2, 0.25) is 0 Å². The van der Waals surface area contributed by atoms with Gasteiger partial charge < -0.3 is 5.32 Å². The highest BCUT2D eigenvalue weighted by atomic mass is 32.1. The number of imidazole rings is 1. The molecule has 0 amide bonds. The zero-order chi connectivity index (χ0) is 13.9. The second-order valence-corrected chi connectivity index (χ2v) is 5.38. The Balaban J connectivity index is 1.93. The second-order valence-electron chi connectivity index (χ2n) is 4.46. The Morgan fingerprint density at radius 1 is 1.20 bits per heavy atom. The van der Waals surface area contributed by atoms with Gasteiger partial charge in [-0.2, -0.15) is 0 Å². The maximum Gasteiger partial charge on any atom is 0.161 e. The van der Waals surface area contributed by atoms with Crippen molar-refractivity contribution in [3.8, 4) is 5.82 Å². The van der Waals surface area contributed by atoms with Gasteiger partial charge in [-0.3, -0.25) is 4.57 Å². The van der Waals surface area contributed by atoms with Crippen LogP contribution in [0.25, 0.3) is 5.82 Å². The van der Waals surface area contributed by atoms with Crippen molar-refractivity contribution in [3.63, 3.8) is 0 Å². The molecule has 0 radical (unpaired) electrons. The van der Waals surface area contributed by atoms with E-state index in [4.69, 9.17) is 0 Å². The molecule has 20 heavy (non-hydrogen) atoms. The van der Waals surface area contributed by atoms with Crippen LogP contribution >= 0.6 is 11.3 Å². The molecule has 1 atom stereocenters. The van der Waals surface area contributed by atoms with Crippen LogP contribution in [0.5, 0.6) is 0 Å². The molecular formula is C14H15N5S. The van der Waals surface area contributed by atoms with Gasteiger partial charge in [0.1, 0.15) is 10.8 Å². The van der Waals surface area contributed by atoms with Gasteiger partial charge in [-0.25, -0.2) is 15.0 Å². The first-order chi connectivity index (χ1) is 9.75. The third-order valence-electron chi connectivity index (χ3n) is 3.03. The van der Waals surface area contributed by atoms with Gasteiger partial charge in [0.05, 0.1) is 11.7 Å². The molecule has 0 saturated heterocycles. The Bertz CT molecular complexity index is 689. The van der Waals surface area contributed by atoms with E-state index in [1.54, 1.807) is 23.7 Å². The number of nitrogens with one attached hydrogen (secondary N) is 1. The zero-order valence-electron chi connectivity index (χ0n) is 11.3. The molecule has 0 fully saturated rings. The highest BCUT2D eigenvalue weighted by Crippen LogP contribution is 2.25. The molecule has 3 rings (SSSR count). The molecular weight excluding hydrogens is 270 g/mol. The molecule has 3 aromatic heterocycles. The van der Waals surface area contributed by atoms with E-state index in [2.05, 4.69) is 27.2 Å². The summed E-state index contributed by atoms with van der Waals surface area (Å²) in [4.78, 5) is 13.0. The lowest BCUT2D eigenvalue weighted by Crippen LogP contribution is -2.10. The molecule has 0 spiro atoms. The molecule has 0 aromatic carbocycles. The van der Waals surface area contributed by atoms with Gasteiger partial charge in [0.15, 0.2) is 5.82 Å². The molecule has 1 N–H and O–H groups in total. The van der Waals surface area contributed by atoms with Gasteiger partial charge in [0, 0.05) is 30.2 Å². The minimum absolute atomic E-state index is 0.141. The fourth-order valence-electron chi connectivity index (χ4n) is 2.05. The molecule has 5 nitrogen and oxygen atoms in total. The minimum atomic E-state index is 0.141. The Morgan fingerprint density at radius 3 is 2.80 bits per heavy atom. The smallest absolute Gasteiger partial charge is 0.161 e. The summed E-state index contributed by atoms with van der Waals surface area (Å²) in [6, 6.07) is 4.08. The number of hydrogen-bond donors (Lipinski definition) is 1. The summed E-state index contributed by atoms with van der Waals surface area (Å²) >= 11 is 1.64. The van der Waals surface area contributed by atoms with Gasteiger partial charge in [-0.15, -0.1) is 11.3 Å². The number of pyridine rings is 1. The average Bonchev–Trinajstić information content (AvgIpc) is 3.10. The highest BCUT2D eigenvalue weighted by Gasteiger charge is 2.12. The monoisotopic (exact) mass is 285 g/mol. The van der Waals surface area contributed by atoms with Crippen LogP contribution in [0, 0.1) is 6.92 Å². The number of aromatic nitrogens is 4. The summed E-state index contributed by atoms with van der Waals surface area (Å²) < 4.78 is 1.97. The Hall–Kier alpha value is -2.21. The molecule has 0 saturated carbocycles. The van der Waals surface area contributed by atoms with E-state index < -0.39 is 0 Å². The van der Waals surface area contributed by atoms with E-state index in [9.17, 15) is 0 Å². The lowest BCUT2D eigenvalue weighted by Gasteiger charge is -2.16. The molecule has 6 heteroatoms. The summed E-state index contributed by atoms with van der Waals surface area (Å²) in [6.45, 7) is 4.05. The van der Waals surface area contributed by atoms with Crippen LogP contribution in [0.15, 0.2) is 42.3 Å². The fourth-order valence-corrected chi connectivity index (χ4v) is 2.69. The quantitative estimate of drug-likeness (QED) is 0.799. The van der Waals surface area contributed by atoms with Crippen molar-refractivity contribution in [1.29, 1.82) is 0 Å². The van der Waals surface area contributed by atoms with Crippen molar-refractivity contribution in [2.45, 2.75) is 19.9 Å². The minimum Gasteiger partial charge on any atom is -0.373 e. The van der Waals surface area contributed by atoms with Crippen LogP contribution < -0.4 is 5.32 Å². The first kappa shape index (κ1) is 12.8. The number of nitrogens with zero attached hydrogens (tertiary/aromatic N) is 4. The van der Waals surface area contributed by atoms with Gasteiger partial charge in [0.25, 0.3) is 0 Å². The van der Waals surface area contributed by atoms with Gasteiger partial charge >= 0.3 is 0 Å². The van der Waals surface area contributed by atoms with E-state index in [1.165, 1.54) is 0 Å². The Kier molecular flexibility index (Phi) is 3.47. The topological polar surface area (TPSA) is 55.6 Å². The van der Waals surface area contributed by atoms with Crippen molar-refractivity contribution in [2.75, 3.05) is 5.32 Å². The molecule has 1 unspecified atom stereocenters. The number of aryl methyl sites for hydroxylation is 1. The SMILES string of the molecule is Cc1nccn1-c1ncccc1NC(C)c1nccs1. The van der Waals surface area contributed by atoms with E-state index in [-0.39, 0.29) is 6.04 Å². The molecule has 0 aliphatic rings. The summed E-state index contributed by atoms with van der Waals surface area (Å²) in [5.41, 5.74) is 0.969. The van der Waals surface area contributed by atoms with Crippen molar-refractivity contribution in [3.05, 3.63) is 53.1 Å². The molecule has 3 heterocycles. The van der Waals surface area contributed by atoms with Crippen LogP contribution in [0.1, 0.15) is 23.8 Å². The van der Waals surface area contributed by atoms with Crippen molar-refractivity contribution >= 4 is 17.0 Å². The van der Waals surface area contributed by atoms with Gasteiger partial charge in [-0.05, 0) is 26.0 Å². The predicted molar refractivity (Wildman–Crippen MR) is 80.2 cm³/mol. The van der Waals surface area contributed by atoms with Crippen LogP contribution in [0.3, 0.4) is 0 Å². The molecule has 102 valence electrons. The van der Waals surface area contributed by atoms with E-state index in [0.717, 1.165) is 22.3 Å². The van der Waals surface area contributed by atoms with Crippen LogP contribution in [-0.4, -0.2) is 19.5 Å². The molecule has 0 bridgehead atoms. The van der Waals surface area contributed by atoms with Crippen molar-refractivity contribution in [1.82, 2.24) is 19.5 Å². The van der Waals surface area contributed by atoms with Crippen LogP contribution in [-0.2, 0) is 0 Å². The van der Waals surface area contributed by atoms with Gasteiger partial charge in [-0.1, -0.05) is 0 Å². The summed E-state index contributed by atoms with van der Waals surface area (Å²) in [5, 5.41) is 6.51. The fraction of sp³-hybridized carbons (Fsp3) is 0.214. The zero-order valence-corrected chi connectivity index (χ0v) is 12.1. The van der Waals surface area contributed by atoms with Crippen molar-refractivity contribution < 1.29 is 0 Å². The third kappa shape index (κ3) is 2.42. The van der Waals surface area contributed by atoms with E-state index >= 15 is 0 Å². The van der Waals surface area contributed by atoms with Crippen molar-refractivity contribution in [2.24, 2.45) is 0 Å². The second kappa shape index (κ2) is 5.42.